The first-order valence-corrected chi connectivity index (χ1v) is 8.23. The molecule has 1 aliphatic carbocycles. The van der Waals surface area contributed by atoms with Crippen LogP contribution >= 0.6 is 0 Å². The van der Waals surface area contributed by atoms with Gasteiger partial charge in [-0.3, -0.25) is 4.57 Å². The molecule has 0 atom stereocenters. The normalized spacial score (nSPS) is 13.7. The van der Waals surface area contributed by atoms with E-state index in [0.717, 1.165) is 25.0 Å². The molecule has 0 radical (unpaired) electrons. The Morgan fingerprint density at radius 3 is 2.88 bits per heavy atom. The van der Waals surface area contributed by atoms with Crippen LogP contribution in [-0.4, -0.2) is 25.6 Å². The van der Waals surface area contributed by atoms with Crippen LogP contribution in [0.2, 0.25) is 0 Å². The molecule has 0 fully saturated rings. The van der Waals surface area contributed by atoms with Gasteiger partial charge in [0, 0.05) is 18.6 Å². The monoisotopic (exact) mass is 334 g/mol. The molecule has 0 aliphatic heterocycles. The fourth-order valence-electron chi connectivity index (χ4n) is 3.32. The van der Waals surface area contributed by atoms with E-state index in [1.54, 1.807) is 35.6 Å². The number of benzene rings is 1. The molecule has 2 aromatic heterocycles. The van der Waals surface area contributed by atoms with Gasteiger partial charge in [-0.25, -0.2) is 9.97 Å². The molecule has 0 saturated heterocycles. The average molecular weight is 334 g/mol. The van der Waals surface area contributed by atoms with E-state index in [1.165, 1.54) is 16.7 Å². The van der Waals surface area contributed by atoms with Crippen molar-refractivity contribution in [3.8, 4) is 11.6 Å². The van der Waals surface area contributed by atoms with Crippen LogP contribution in [0.5, 0.6) is 11.6 Å². The third-order valence-corrected chi connectivity index (χ3v) is 4.54. The van der Waals surface area contributed by atoms with Gasteiger partial charge in [0.2, 0.25) is 5.88 Å². The van der Waals surface area contributed by atoms with Gasteiger partial charge in [0.05, 0.1) is 5.56 Å². The Balaban J connectivity index is 1.75. The number of fused-ring (bicyclic) bond motifs is 1. The first kappa shape index (κ1) is 15.4. The van der Waals surface area contributed by atoms with Gasteiger partial charge in [-0.05, 0) is 61.1 Å². The Labute approximate surface area is 145 Å². The summed E-state index contributed by atoms with van der Waals surface area (Å²) >= 11 is 0. The molecule has 0 spiro atoms. The Kier molecular flexibility index (Phi) is 3.93. The summed E-state index contributed by atoms with van der Waals surface area (Å²) < 4.78 is 7.77. The number of imidazole rings is 1. The molecule has 1 aliphatic rings. The zero-order valence-corrected chi connectivity index (χ0v) is 13.9. The van der Waals surface area contributed by atoms with Crippen LogP contribution in [-0.2, 0) is 12.8 Å². The summed E-state index contributed by atoms with van der Waals surface area (Å²) in [5, 5.41) is 12.9. The van der Waals surface area contributed by atoms with E-state index in [-0.39, 0.29) is 0 Å². The SMILES string of the molecule is Cc1ccc(Oc2ncccc2/C(=N/O)n2ccnc2)c2c1CCC2. The predicted octanol–water partition coefficient (Wildman–Crippen LogP) is 3.55. The van der Waals surface area contributed by atoms with E-state index in [9.17, 15) is 5.21 Å². The first-order chi connectivity index (χ1) is 12.3. The Morgan fingerprint density at radius 2 is 2.08 bits per heavy atom. The summed E-state index contributed by atoms with van der Waals surface area (Å²) in [5.74, 6) is 1.53. The molecule has 4 rings (SSSR count). The van der Waals surface area contributed by atoms with Crippen LogP contribution in [0.15, 0.2) is 54.3 Å². The van der Waals surface area contributed by atoms with Crippen molar-refractivity contribution in [2.75, 3.05) is 0 Å². The highest BCUT2D eigenvalue weighted by atomic mass is 16.5. The van der Waals surface area contributed by atoms with Crippen molar-refractivity contribution in [1.29, 1.82) is 0 Å². The average Bonchev–Trinajstić information content (AvgIpc) is 3.32. The minimum Gasteiger partial charge on any atom is -0.438 e. The highest BCUT2D eigenvalue weighted by Gasteiger charge is 2.21. The van der Waals surface area contributed by atoms with Crippen molar-refractivity contribution in [2.24, 2.45) is 5.16 Å². The van der Waals surface area contributed by atoms with Crippen LogP contribution in [0.4, 0.5) is 0 Å². The van der Waals surface area contributed by atoms with E-state index in [4.69, 9.17) is 4.74 Å². The second kappa shape index (κ2) is 6.39. The van der Waals surface area contributed by atoms with Gasteiger partial charge in [0.25, 0.3) is 0 Å². The minimum atomic E-state index is 0.310. The maximum atomic E-state index is 9.49. The summed E-state index contributed by atoms with van der Waals surface area (Å²) in [6.45, 7) is 2.13. The maximum Gasteiger partial charge on any atom is 0.230 e. The Morgan fingerprint density at radius 1 is 1.20 bits per heavy atom. The number of oxime groups is 1. The van der Waals surface area contributed by atoms with E-state index in [1.807, 2.05) is 12.1 Å². The van der Waals surface area contributed by atoms with Crippen LogP contribution in [0.1, 0.15) is 28.7 Å². The Bertz CT molecular complexity index is 933. The number of hydrogen-bond donors (Lipinski definition) is 1. The van der Waals surface area contributed by atoms with Crippen molar-refractivity contribution < 1.29 is 9.94 Å². The third-order valence-electron chi connectivity index (χ3n) is 4.54. The summed E-state index contributed by atoms with van der Waals surface area (Å²) in [6, 6.07) is 7.67. The topological polar surface area (TPSA) is 72.5 Å². The zero-order valence-electron chi connectivity index (χ0n) is 13.9. The number of aryl methyl sites for hydroxylation is 1. The van der Waals surface area contributed by atoms with Crippen molar-refractivity contribution in [1.82, 2.24) is 14.5 Å². The second-order valence-corrected chi connectivity index (χ2v) is 6.04. The van der Waals surface area contributed by atoms with Gasteiger partial charge in [-0.2, -0.15) is 0 Å². The maximum absolute atomic E-state index is 9.49. The molecule has 25 heavy (non-hydrogen) atoms. The van der Waals surface area contributed by atoms with E-state index in [0.29, 0.717) is 17.3 Å². The summed E-state index contributed by atoms with van der Waals surface area (Å²) in [7, 11) is 0. The lowest BCUT2D eigenvalue weighted by Gasteiger charge is -2.14. The molecule has 6 nitrogen and oxygen atoms in total. The molecule has 0 amide bonds. The molecule has 0 saturated carbocycles. The number of hydrogen-bond acceptors (Lipinski definition) is 5. The van der Waals surface area contributed by atoms with Gasteiger partial charge in [0.1, 0.15) is 12.1 Å². The fourth-order valence-corrected chi connectivity index (χ4v) is 3.32. The molecule has 1 aromatic carbocycles. The van der Waals surface area contributed by atoms with E-state index in [2.05, 4.69) is 28.1 Å². The van der Waals surface area contributed by atoms with Gasteiger partial charge in [-0.1, -0.05) is 11.2 Å². The van der Waals surface area contributed by atoms with Gasteiger partial charge >= 0.3 is 0 Å². The lowest BCUT2D eigenvalue weighted by molar-refractivity contribution is 0.317. The Hall–Kier alpha value is -3.15. The van der Waals surface area contributed by atoms with Crippen molar-refractivity contribution in [2.45, 2.75) is 26.2 Å². The summed E-state index contributed by atoms with van der Waals surface area (Å²) in [5.41, 5.74) is 4.52. The van der Waals surface area contributed by atoms with Crippen LogP contribution < -0.4 is 4.74 Å². The number of ether oxygens (including phenoxy) is 1. The summed E-state index contributed by atoms with van der Waals surface area (Å²) in [6.07, 6.45) is 9.79. The van der Waals surface area contributed by atoms with Gasteiger partial charge < -0.3 is 9.94 Å². The smallest absolute Gasteiger partial charge is 0.230 e. The second-order valence-electron chi connectivity index (χ2n) is 6.04. The molecule has 0 unspecified atom stereocenters. The van der Waals surface area contributed by atoms with Crippen molar-refractivity contribution in [3.63, 3.8) is 0 Å². The molecule has 126 valence electrons. The number of pyridine rings is 1. The highest BCUT2D eigenvalue weighted by Crippen LogP contribution is 2.35. The summed E-state index contributed by atoms with van der Waals surface area (Å²) in [4.78, 5) is 8.35. The minimum absolute atomic E-state index is 0.310. The van der Waals surface area contributed by atoms with E-state index < -0.39 is 0 Å². The highest BCUT2D eigenvalue weighted by molar-refractivity contribution is 6.01. The van der Waals surface area contributed by atoms with Crippen LogP contribution in [0, 0.1) is 6.92 Å². The number of aromatic nitrogens is 3. The lowest BCUT2D eigenvalue weighted by atomic mass is 10.0. The first-order valence-electron chi connectivity index (χ1n) is 8.23. The molecule has 2 heterocycles. The molecule has 6 heteroatoms. The predicted molar refractivity (Wildman–Crippen MR) is 93.5 cm³/mol. The molecular formula is C19H18N4O2. The van der Waals surface area contributed by atoms with E-state index >= 15 is 0 Å². The van der Waals surface area contributed by atoms with Crippen LogP contribution in [0.3, 0.4) is 0 Å². The quantitative estimate of drug-likeness (QED) is 0.344. The van der Waals surface area contributed by atoms with Crippen molar-refractivity contribution in [3.05, 3.63) is 71.4 Å². The number of nitrogens with zero attached hydrogens (tertiary/aromatic N) is 4. The molecule has 3 aromatic rings. The van der Waals surface area contributed by atoms with Crippen LogP contribution in [0.25, 0.3) is 0 Å². The largest absolute Gasteiger partial charge is 0.438 e. The fraction of sp³-hybridized carbons (Fsp3) is 0.211. The molecular weight excluding hydrogens is 316 g/mol. The zero-order chi connectivity index (χ0) is 17.2. The van der Waals surface area contributed by atoms with Gasteiger partial charge in [0.15, 0.2) is 5.84 Å². The lowest BCUT2D eigenvalue weighted by Crippen LogP contribution is -2.13. The van der Waals surface area contributed by atoms with Crippen molar-refractivity contribution >= 4 is 5.84 Å². The third kappa shape index (κ3) is 2.76. The molecule has 0 bridgehead atoms. The standard InChI is InChI=1S/C19H18N4O2/c1-13-7-8-17(15-5-2-4-14(13)15)25-19-16(6-3-9-21-19)18(22-24)23-11-10-20-12-23/h3,6-12,24H,2,4-5H2,1H3/b22-18-. The molecule has 1 N–H and O–H groups in total. The number of rotatable bonds is 3. The van der Waals surface area contributed by atoms with Gasteiger partial charge in [-0.15, -0.1) is 0 Å².